The molecule has 1 saturated carbocycles. The summed E-state index contributed by atoms with van der Waals surface area (Å²) in [5.74, 6) is -0.548. The molecule has 1 aromatic rings. The normalized spacial score (nSPS) is 26.4. The SMILES string of the molecule is O=C(CCc1ccccc1F)N[C@@H]1CC[C@@H](O)[C@@H]1O. The molecule has 2 rings (SSSR count). The van der Waals surface area contributed by atoms with E-state index in [1.165, 1.54) is 6.07 Å². The predicted octanol–water partition coefficient (Wildman–Crippen LogP) is 0.759. The Balaban J connectivity index is 1.81. The first-order chi connectivity index (χ1) is 9.08. The zero-order valence-corrected chi connectivity index (χ0v) is 10.6. The van der Waals surface area contributed by atoms with Gasteiger partial charge in [-0.25, -0.2) is 4.39 Å². The summed E-state index contributed by atoms with van der Waals surface area (Å²) in [6, 6.07) is 5.95. The number of carbonyl (C=O) groups is 1. The monoisotopic (exact) mass is 267 g/mol. The number of amides is 1. The lowest BCUT2D eigenvalue weighted by atomic mass is 10.1. The summed E-state index contributed by atoms with van der Waals surface area (Å²) in [7, 11) is 0. The number of halogens is 1. The molecule has 0 aromatic heterocycles. The third kappa shape index (κ3) is 3.52. The van der Waals surface area contributed by atoms with E-state index in [9.17, 15) is 19.4 Å². The fourth-order valence-corrected chi connectivity index (χ4v) is 2.35. The van der Waals surface area contributed by atoms with E-state index >= 15 is 0 Å². The van der Waals surface area contributed by atoms with Crippen molar-refractivity contribution in [3.8, 4) is 0 Å². The first-order valence-electron chi connectivity index (χ1n) is 6.47. The van der Waals surface area contributed by atoms with E-state index in [1.807, 2.05) is 0 Å². The van der Waals surface area contributed by atoms with Gasteiger partial charge in [0.25, 0.3) is 0 Å². The number of aliphatic hydroxyl groups is 2. The highest BCUT2D eigenvalue weighted by Crippen LogP contribution is 2.20. The molecule has 3 N–H and O–H groups in total. The van der Waals surface area contributed by atoms with Crippen LogP contribution in [0.2, 0.25) is 0 Å². The van der Waals surface area contributed by atoms with Gasteiger partial charge < -0.3 is 15.5 Å². The Morgan fingerprint density at radius 3 is 2.68 bits per heavy atom. The highest BCUT2D eigenvalue weighted by Gasteiger charge is 2.34. The van der Waals surface area contributed by atoms with Crippen LogP contribution in [0, 0.1) is 5.82 Å². The van der Waals surface area contributed by atoms with Crippen molar-refractivity contribution in [3.63, 3.8) is 0 Å². The van der Waals surface area contributed by atoms with Gasteiger partial charge in [0.1, 0.15) is 5.82 Å². The van der Waals surface area contributed by atoms with Crippen molar-refractivity contribution in [3.05, 3.63) is 35.6 Å². The summed E-state index contributed by atoms with van der Waals surface area (Å²) in [6.07, 6.45) is -0.133. The minimum atomic E-state index is -0.905. The van der Waals surface area contributed by atoms with Crippen LogP contribution in [0.3, 0.4) is 0 Å². The standard InChI is InChI=1S/C14H18FNO3/c15-10-4-2-1-3-9(10)5-8-13(18)16-11-6-7-12(17)14(11)19/h1-4,11-12,14,17,19H,5-8H2,(H,16,18)/t11-,12-,14-/m1/s1. The Bertz CT molecular complexity index is 452. The quantitative estimate of drug-likeness (QED) is 0.754. The van der Waals surface area contributed by atoms with Crippen molar-refractivity contribution in [1.29, 1.82) is 0 Å². The summed E-state index contributed by atoms with van der Waals surface area (Å²) in [5.41, 5.74) is 0.504. The lowest BCUT2D eigenvalue weighted by Gasteiger charge is -2.18. The number of carbonyl (C=O) groups excluding carboxylic acids is 1. The third-order valence-electron chi connectivity index (χ3n) is 3.51. The lowest BCUT2D eigenvalue weighted by molar-refractivity contribution is -0.122. The average Bonchev–Trinajstić information content (AvgIpc) is 2.70. The fraction of sp³-hybridized carbons (Fsp3) is 0.500. The van der Waals surface area contributed by atoms with Crippen LogP contribution < -0.4 is 5.32 Å². The van der Waals surface area contributed by atoms with Gasteiger partial charge in [-0.1, -0.05) is 18.2 Å². The molecule has 0 bridgehead atoms. The van der Waals surface area contributed by atoms with Crippen LogP contribution in [0.5, 0.6) is 0 Å². The van der Waals surface area contributed by atoms with E-state index < -0.39 is 18.2 Å². The van der Waals surface area contributed by atoms with Crippen LogP contribution in [-0.4, -0.2) is 34.4 Å². The number of hydrogen-bond donors (Lipinski definition) is 3. The van der Waals surface area contributed by atoms with Gasteiger partial charge >= 0.3 is 0 Å². The van der Waals surface area contributed by atoms with E-state index in [0.717, 1.165) is 0 Å². The Kier molecular flexibility index (Phi) is 4.50. The van der Waals surface area contributed by atoms with Gasteiger partial charge in [-0.05, 0) is 30.9 Å². The van der Waals surface area contributed by atoms with Crippen molar-refractivity contribution in [1.82, 2.24) is 5.32 Å². The first-order valence-corrected chi connectivity index (χ1v) is 6.47. The number of nitrogens with one attached hydrogen (secondary N) is 1. The molecule has 4 nitrogen and oxygen atoms in total. The maximum Gasteiger partial charge on any atom is 0.220 e. The molecule has 0 radical (unpaired) electrons. The van der Waals surface area contributed by atoms with Crippen molar-refractivity contribution in [2.24, 2.45) is 0 Å². The third-order valence-corrected chi connectivity index (χ3v) is 3.51. The smallest absolute Gasteiger partial charge is 0.220 e. The maximum absolute atomic E-state index is 13.4. The summed E-state index contributed by atoms with van der Waals surface area (Å²) >= 11 is 0. The number of aryl methyl sites for hydroxylation is 1. The minimum Gasteiger partial charge on any atom is -0.390 e. The average molecular weight is 267 g/mol. The van der Waals surface area contributed by atoms with Gasteiger partial charge in [0.05, 0.1) is 18.2 Å². The molecule has 1 aliphatic carbocycles. The van der Waals surface area contributed by atoms with E-state index in [2.05, 4.69) is 5.32 Å². The van der Waals surface area contributed by atoms with Crippen molar-refractivity contribution in [2.75, 3.05) is 0 Å². The van der Waals surface area contributed by atoms with Crippen LogP contribution in [0.25, 0.3) is 0 Å². The first kappa shape index (κ1) is 14.0. The second kappa shape index (κ2) is 6.12. The molecular formula is C14H18FNO3. The largest absolute Gasteiger partial charge is 0.390 e. The van der Waals surface area contributed by atoms with Crippen molar-refractivity contribution >= 4 is 5.91 Å². The molecule has 3 atom stereocenters. The number of hydrogen-bond acceptors (Lipinski definition) is 3. The molecular weight excluding hydrogens is 249 g/mol. The van der Waals surface area contributed by atoms with Gasteiger partial charge in [0.15, 0.2) is 0 Å². The molecule has 1 amide bonds. The fourth-order valence-electron chi connectivity index (χ4n) is 2.35. The highest BCUT2D eigenvalue weighted by atomic mass is 19.1. The van der Waals surface area contributed by atoms with Gasteiger partial charge in [0.2, 0.25) is 5.91 Å². The highest BCUT2D eigenvalue weighted by molar-refractivity contribution is 5.76. The van der Waals surface area contributed by atoms with E-state index in [-0.39, 0.29) is 18.1 Å². The van der Waals surface area contributed by atoms with Crippen LogP contribution in [0.1, 0.15) is 24.8 Å². The van der Waals surface area contributed by atoms with Crippen LogP contribution in [-0.2, 0) is 11.2 Å². The summed E-state index contributed by atoms with van der Waals surface area (Å²) in [5, 5.41) is 21.7. The summed E-state index contributed by atoms with van der Waals surface area (Å²) in [6.45, 7) is 0. The lowest BCUT2D eigenvalue weighted by Crippen LogP contribution is -2.43. The zero-order chi connectivity index (χ0) is 13.8. The van der Waals surface area contributed by atoms with Crippen LogP contribution in [0.4, 0.5) is 4.39 Å². The topological polar surface area (TPSA) is 69.6 Å². The molecule has 5 heteroatoms. The van der Waals surface area contributed by atoms with E-state index in [1.54, 1.807) is 18.2 Å². The second-order valence-corrected chi connectivity index (χ2v) is 4.90. The van der Waals surface area contributed by atoms with E-state index in [0.29, 0.717) is 24.8 Å². The van der Waals surface area contributed by atoms with Gasteiger partial charge in [-0.3, -0.25) is 4.79 Å². The maximum atomic E-state index is 13.4. The second-order valence-electron chi connectivity index (χ2n) is 4.90. The number of rotatable bonds is 4. The molecule has 104 valence electrons. The molecule has 1 aromatic carbocycles. The Hall–Kier alpha value is -1.46. The molecule has 0 aliphatic heterocycles. The molecule has 0 unspecified atom stereocenters. The molecule has 0 heterocycles. The molecule has 0 saturated heterocycles. The minimum absolute atomic E-state index is 0.167. The van der Waals surface area contributed by atoms with Crippen molar-refractivity contribution < 1.29 is 19.4 Å². The molecule has 1 fully saturated rings. The zero-order valence-electron chi connectivity index (χ0n) is 10.6. The Labute approximate surface area is 111 Å². The molecule has 1 aliphatic rings. The number of aliphatic hydroxyl groups excluding tert-OH is 2. The van der Waals surface area contributed by atoms with Gasteiger partial charge in [-0.15, -0.1) is 0 Å². The summed E-state index contributed by atoms with van der Waals surface area (Å²) in [4.78, 5) is 11.7. The molecule has 0 spiro atoms. The van der Waals surface area contributed by atoms with Gasteiger partial charge in [0, 0.05) is 6.42 Å². The Morgan fingerprint density at radius 2 is 2.05 bits per heavy atom. The predicted molar refractivity (Wildman–Crippen MR) is 67.9 cm³/mol. The number of benzene rings is 1. The van der Waals surface area contributed by atoms with Crippen LogP contribution in [0.15, 0.2) is 24.3 Å². The van der Waals surface area contributed by atoms with Crippen LogP contribution >= 0.6 is 0 Å². The van der Waals surface area contributed by atoms with E-state index in [4.69, 9.17) is 0 Å². The van der Waals surface area contributed by atoms with Gasteiger partial charge in [-0.2, -0.15) is 0 Å². The van der Waals surface area contributed by atoms with Crippen molar-refractivity contribution in [2.45, 2.75) is 43.9 Å². The summed E-state index contributed by atoms with van der Waals surface area (Å²) < 4.78 is 13.4. The Morgan fingerprint density at radius 1 is 1.32 bits per heavy atom. The molecule has 19 heavy (non-hydrogen) atoms.